The molecule has 8 nitrogen and oxygen atoms in total. The van der Waals surface area contributed by atoms with Gasteiger partial charge in [-0.05, 0) is 70.5 Å². The van der Waals surface area contributed by atoms with Crippen molar-refractivity contribution in [1.82, 2.24) is 20.0 Å². The van der Waals surface area contributed by atoms with Gasteiger partial charge in [-0.3, -0.25) is 9.59 Å². The Morgan fingerprint density at radius 2 is 1.82 bits per heavy atom. The molecule has 10 unspecified atom stereocenters. The minimum absolute atomic E-state index is 0.0148. The van der Waals surface area contributed by atoms with E-state index in [9.17, 15) is 9.59 Å². The highest BCUT2D eigenvalue weighted by Gasteiger charge is 2.59. The van der Waals surface area contributed by atoms with Crippen molar-refractivity contribution in [3.63, 3.8) is 0 Å². The summed E-state index contributed by atoms with van der Waals surface area (Å²) in [5, 5.41) is 3.59. The minimum atomic E-state index is -1.18. The zero-order valence-electron chi connectivity index (χ0n) is 24.0. The number of halogens is 1. The number of ketones is 1. The number of fused-ring (bicyclic) bond motifs is 3. The van der Waals surface area contributed by atoms with E-state index in [1.165, 1.54) is 38.5 Å². The molecule has 1 N–H and O–H groups in total. The van der Waals surface area contributed by atoms with Crippen LogP contribution in [0.15, 0.2) is 11.8 Å². The number of morpholine rings is 2. The van der Waals surface area contributed by atoms with Crippen LogP contribution >= 0.6 is 0 Å². The molecule has 0 aromatic carbocycles. The molecule has 3 saturated heterocycles. The molecule has 0 aromatic heterocycles. The third kappa shape index (κ3) is 4.82. The second-order valence-corrected chi connectivity index (χ2v) is 13.6. The first kappa shape index (κ1) is 27.3. The number of amides is 1. The summed E-state index contributed by atoms with van der Waals surface area (Å²) >= 11 is 0. The summed E-state index contributed by atoms with van der Waals surface area (Å²) < 4.78 is 28.4. The van der Waals surface area contributed by atoms with E-state index in [0.29, 0.717) is 44.2 Å². The van der Waals surface area contributed by atoms with Crippen molar-refractivity contribution in [3.8, 4) is 0 Å². The van der Waals surface area contributed by atoms with Crippen molar-refractivity contribution < 1.29 is 23.5 Å². The zero-order chi connectivity index (χ0) is 27.4. The molecular weight excluding hydrogens is 511 g/mol. The number of carbonyl (C=O) groups excluding carboxylic acids is 2. The Morgan fingerprint density at radius 1 is 1.05 bits per heavy atom. The molecule has 40 heavy (non-hydrogen) atoms. The number of ether oxygens (including phenoxy) is 2. The molecular formula is C31H47FN4O4. The van der Waals surface area contributed by atoms with Gasteiger partial charge in [0.05, 0.1) is 49.1 Å². The number of likely N-dealkylation sites (tertiary alicyclic amines) is 1. The monoisotopic (exact) mass is 558 g/mol. The number of Topliss-reactive ketones (excluding diaryl/α,β-unsaturated/α-hetero) is 1. The van der Waals surface area contributed by atoms with Crippen molar-refractivity contribution in [3.05, 3.63) is 11.8 Å². The number of hydrogen-bond acceptors (Lipinski definition) is 7. The first-order valence-corrected chi connectivity index (χ1v) is 16.1. The second-order valence-electron chi connectivity index (χ2n) is 13.6. The standard InChI is InChI=1S/C31H47FN4O4/c1-34-10-4-7-21(34)8-9-33-27-24(32)17-22-28-30(27)40-26-16-20-6-3-2-5-19(20)15-25(26)36(28)18-23(29(22)37)31(38)35-11-13-39-14-12-35/h18-22,24-28,30,33H,2-17H2,1H3. The van der Waals surface area contributed by atoms with Gasteiger partial charge in [0, 0.05) is 31.2 Å². The largest absolute Gasteiger partial charge is 0.378 e. The molecule has 0 radical (unpaired) electrons. The predicted octanol–water partition coefficient (Wildman–Crippen LogP) is 2.52. The summed E-state index contributed by atoms with van der Waals surface area (Å²) in [7, 11) is 2.18. The minimum Gasteiger partial charge on any atom is -0.378 e. The van der Waals surface area contributed by atoms with Crippen molar-refractivity contribution in [2.24, 2.45) is 17.8 Å². The fraction of sp³-hybridized carbons (Fsp3) is 0.871. The molecule has 222 valence electrons. The van der Waals surface area contributed by atoms with Crippen molar-refractivity contribution >= 4 is 11.7 Å². The first-order chi connectivity index (χ1) is 19.5. The average molecular weight is 559 g/mol. The molecule has 0 bridgehead atoms. The maximum atomic E-state index is 16.1. The van der Waals surface area contributed by atoms with Gasteiger partial charge >= 0.3 is 0 Å². The molecule has 0 spiro atoms. The van der Waals surface area contributed by atoms with Gasteiger partial charge in [-0.2, -0.15) is 0 Å². The number of nitrogens with zero attached hydrogens (tertiary/aromatic N) is 3. The highest BCUT2D eigenvalue weighted by molar-refractivity contribution is 6.20. The van der Waals surface area contributed by atoms with E-state index in [-0.39, 0.29) is 41.9 Å². The van der Waals surface area contributed by atoms with E-state index < -0.39 is 24.2 Å². The van der Waals surface area contributed by atoms with Crippen LogP contribution in [0, 0.1) is 17.8 Å². The Hall–Kier alpha value is -1.55. The summed E-state index contributed by atoms with van der Waals surface area (Å²) in [6, 6.07) is 0.0455. The van der Waals surface area contributed by atoms with E-state index in [1.807, 2.05) is 6.20 Å². The van der Waals surface area contributed by atoms with Crippen molar-refractivity contribution in [1.29, 1.82) is 0 Å². The van der Waals surface area contributed by atoms with Crippen LogP contribution in [-0.2, 0) is 19.1 Å². The molecule has 4 aliphatic heterocycles. The summed E-state index contributed by atoms with van der Waals surface area (Å²) in [4.78, 5) is 34.0. The molecule has 3 aliphatic carbocycles. The fourth-order valence-corrected chi connectivity index (χ4v) is 9.38. The van der Waals surface area contributed by atoms with Crippen LogP contribution in [0.1, 0.15) is 64.2 Å². The van der Waals surface area contributed by atoms with E-state index in [4.69, 9.17) is 9.47 Å². The molecule has 4 heterocycles. The maximum Gasteiger partial charge on any atom is 0.259 e. The van der Waals surface area contributed by atoms with Gasteiger partial charge in [0.1, 0.15) is 6.17 Å². The van der Waals surface area contributed by atoms with Crippen LogP contribution in [0.25, 0.3) is 0 Å². The van der Waals surface area contributed by atoms with Crippen molar-refractivity contribution in [2.45, 2.75) is 107 Å². The van der Waals surface area contributed by atoms with Crippen LogP contribution in [-0.4, -0.2) is 115 Å². The quantitative estimate of drug-likeness (QED) is 0.520. The number of carbonyl (C=O) groups is 2. The molecule has 0 aromatic rings. The molecule has 3 saturated carbocycles. The molecule has 7 rings (SSSR count). The number of hydrogen-bond donors (Lipinski definition) is 1. The lowest BCUT2D eigenvalue weighted by atomic mass is 9.65. The molecule has 9 heteroatoms. The number of rotatable bonds is 5. The van der Waals surface area contributed by atoms with E-state index in [2.05, 4.69) is 22.2 Å². The summed E-state index contributed by atoms with van der Waals surface area (Å²) in [6.07, 6.45) is 11.0. The topological polar surface area (TPSA) is 74.4 Å². The van der Waals surface area contributed by atoms with Gasteiger partial charge in [-0.1, -0.05) is 25.7 Å². The third-order valence-corrected chi connectivity index (χ3v) is 11.5. The van der Waals surface area contributed by atoms with E-state index >= 15 is 4.39 Å². The van der Waals surface area contributed by atoms with Crippen molar-refractivity contribution in [2.75, 3.05) is 46.4 Å². The Labute approximate surface area is 238 Å². The van der Waals surface area contributed by atoms with Crippen LogP contribution in [0.3, 0.4) is 0 Å². The molecule has 1 amide bonds. The summed E-state index contributed by atoms with van der Waals surface area (Å²) in [5.74, 6) is 0.391. The lowest BCUT2D eigenvalue weighted by molar-refractivity contribution is -0.208. The molecule has 6 fully saturated rings. The zero-order valence-corrected chi connectivity index (χ0v) is 24.0. The fourth-order valence-electron chi connectivity index (χ4n) is 9.38. The highest BCUT2D eigenvalue weighted by Crippen LogP contribution is 2.50. The lowest BCUT2D eigenvalue weighted by Gasteiger charge is -2.61. The van der Waals surface area contributed by atoms with Gasteiger partial charge in [0.15, 0.2) is 5.78 Å². The number of nitrogens with one attached hydrogen (secondary N) is 1. The number of alkyl halides is 1. The smallest absolute Gasteiger partial charge is 0.259 e. The highest BCUT2D eigenvalue weighted by atomic mass is 19.1. The molecule has 7 aliphatic rings. The maximum absolute atomic E-state index is 16.1. The first-order valence-electron chi connectivity index (χ1n) is 16.1. The van der Waals surface area contributed by atoms with Crippen LogP contribution in [0.5, 0.6) is 0 Å². The summed E-state index contributed by atoms with van der Waals surface area (Å²) in [5.41, 5.74) is 0.246. The van der Waals surface area contributed by atoms with E-state index in [1.54, 1.807) is 4.90 Å². The van der Waals surface area contributed by atoms with E-state index in [0.717, 1.165) is 32.4 Å². The van der Waals surface area contributed by atoms with Gasteiger partial charge in [0.25, 0.3) is 5.91 Å². The van der Waals surface area contributed by atoms with Crippen LogP contribution in [0.2, 0.25) is 0 Å². The Bertz CT molecular complexity index is 1000. The van der Waals surface area contributed by atoms with Gasteiger partial charge in [0.2, 0.25) is 0 Å². The average Bonchev–Trinajstić information content (AvgIpc) is 3.39. The third-order valence-electron chi connectivity index (χ3n) is 11.5. The van der Waals surface area contributed by atoms with Crippen LogP contribution in [0.4, 0.5) is 4.39 Å². The van der Waals surface area contributed by atoms with Gasteiger partial charge in [-0.15, -0.1) is 0 Å². The van der Waals surface area contributed by atoms with Gasteiger partial charge < -0.3 is 29.5 Å². The Kier molecular flexibility index (Phi) is 7.69. The molecule has 10 atom stereocenters. The Morgan fingerprint density at radius 3 is 2.58 bits per heavy atom. The predicted molar refractivity (Wildman–Crippen MR) is 148 cm³/mol. The SMILES string of the molecule is CN1CCCC1CCNC1C(F)CC2C(=O)C(C(=O)N3CCOCC3)=CN3C4CC5CCCCC5CC4OC1C23. The second kappa shape index (κ2) is 11.3. The van der Waals surface area contributed by atoms with Crippen LogP contribution < -0.4 is 5.32 Å². The Balaban J connectivity index is 1.17. The van der Waals surface area contributed by atoms with Gasteiger partial charge in [-0.25, -0.2) is 4.39 Å². The normalized spacial score (nSPS) is 43.5. The lowest BCUT2D eigenvalue weighted by Crippen LogP contribution is -2.73. The summed E-state index contributed by atoms with van der Waals surface area (Å²) in [6.45, 7) is 3.85.